The Bertz CT molecular complexity index is 1260. The second-order valence-electron chi connectivity index (χ2n) is 9.27. The molecule has 0 saturated heterocycles. The summed E-state index contributed by atoms with van der Waals surface area (Å²) in [7, 11) is 0. The fourth-order valence-electron chi connectivity index (χ4n) is 4.20. The molecule has 0 saturated carbocycles. The predicted molar refractivity (Wildman–Crippen MR) is 130 cm³/mol. The van der Waals surface area contributed by atoms with Gasteiger partial charge in [-0.2, -0.15) is 0 Å². The Morgan fingerprint density at radius 1 is 1.03 bits per heavy atom. The van der Waals surface area contributed by atoms with E-state index >= 15 is 0 Å². The van der Waals surface area contributed by atoms with Crippen molar-refractivity contribution in [3.05, 3.63) is 76.9 Å². The van der Waals surface area contributed by atoms with E-state index in [0.29, 0.717) is 17.1 Å². The average molecular weight is 556 g/mol. The number of rotatable bonds is 12. The van der Waals surface area contributed by atoms with Crippen molar-refractivity contribution in [1.82, 2.24) is 14.9 Å². The van der Waals surface area contributed by atoms with Gasteiger partial charge in [-0.05, 0) is 55.2 Å². The number of carboxylic acids is 1. The molecule has 3 aromatic rings. The van der Waals surface area contributed by atoms with E-state index in [1.165, 1.54) is 30.3 Å². The summed E-state index contributed by atoms with van der Waals surface area (Å²) in [6.07, 6.45) is -3.11. The Morgan fingerprint density at radius 2 is 1.64 bits per heavy atom. The summed E-state index contributed by atoms with van der Waals surface area (Å²) in [5, 5.41) is 33.4. The summed E-state index contributed by atoms with van der Waals surface area (Å²) >= 11 is 0. The number of hydrogen-bond acceptors (Lipinski definition) is 6. The minimum atomic E-state index is -1.44. The second-order valence-corrected chi connectivity index (χ2v) is 9.27. The van der Waals surface area contributed by atoms with Gasteiger partial charge in [0.05, 0.1) is 17.9 Å². The van der Waals surface area contributed by atoms with Gasteiger partial charge in [0.2, 0.25) is 0 Å². The van der Waals surface area contributed by atoms with Gasteiger partial charge in [-0.3, -0.25) is 4.79 Å². The van der Waals surface area contributed by atoms with Gasteiger partial charge in [-0.1, -0.05) is 19.9 Å². The fraction of sp³-hybridized carbons (Fsp3) is 0.370. The molecule has 3 rings (SSSR count). The van der Waals surface area contributed by atoms with Gasteiger partial charge in [0, 0.05) is 36.6 Å². The molecule has 8 nitrogen and oxygen atoms in total. The van der Waals surface area contributed by atoms with Crippen LogP contribution in [0, 0.1) is 17.5 Å². The molecule has 2 atom stereocenters. The molecule has 1 amide bonds. The van der Waals surface area contributed by atoms with Crippen molar-refractivity contribution in [2.75, 3.05) is 0 Å². The van der Waals surface area contributed by atoms with Crippen LogP contribution in [-0.4, -0.2) is 43.8 Å². The number of aliphatic hydroxyl groups excluding tert-OH is 2. The number of nitrogens with zero attached hydrogens (tertiary/aromatic N) is 2. The SMILES string of the molecule is CC(C)c1c(C(=O)NCc2c(F)cccc2F)nc(-c2ccc(F)cc2)n1CC[C@@H](O)C[C@@H](O)CC(=O)[O-].[Na+]. The van der Waals surface area contributed by atoms with Gasteiger partial charge in [-0.25, -0.2) is 18.2 Å². The van der Waals surface area contributed by atoms with Crippen LogP contribution in [0.2, 0.25) is 0 Å². The van der Waals surface area contributed by atoms with Crippen molar-refractivity contribution in [2.45, 2.75) is 64.3 Å². The molecule has 0 unspecified atom stereocenters. The summed E-state index contributed by atoms with van der Waals surface area (Å²) < 4.78 is 43.4. The van der Waals surface area contributed by atoms with E-state index in [1.807, 2.05) is 13.8 Å². The smallest absolute Gasteiger partial charge is 0.550 e. The summed E-state index contributed by atoms with van der Waals surface area (Å²) in [4.78, 5) is 28.4. The fourth-order valence-corrected chi connectivity index (χ4v) is 4.20. The summed E-state index contributed by atoms with van der Waals surface area (Å²) in [5.74, 6) is -4.15. The number of nitrogens with one attached hydrogen (secondary N) is 1. The molecule has 3 N–H and O–H groups in total. The number of hydrogen-bond donors (Lipinski definition) is 3. The van der Waals surface area contributed by atoms with Crippen molar-refractivity contribution in [2.24, 2.45) is 0 Å². The van der Waals surface area contributed by atoms with Crippen LogP contribution < -0.4 is 40.0 Å². The van der Waals surface area contributed by atoms with Crippen LogP contribution >= 0.6 is 0 Å². The van der Waals surface area contributed by atoms with Gasteiger partial charge in [-0.15, -0.1) is 0 Å². The molecule has 1 aromatic heterocycles. The van der Waals surface area contributed by atoms with Gasteiger partial charge in [0.15, 0.2) is 0 Å². The first kappa shape index (κ1) is 32.5. The van der Waals surface area contributed by atoms with Crippen LogP contribution in [0.25, 0.3) is 11.4 Å². The number of aromatic nitrogens is 2. The molecular formula is C27H29F3N3NaO5. The third-order valence-corrected chi connectivity index (χ3v) is 5.99. The third-order valence-electron chi connectivity index (χ3n) is 5.99. The normalized spacial score (nSPS) is 12.6. The number of amides is 1. The minimum absolute atomic E-state index is 0. The number of carboxylic acid groups (broad SMARTS) is 1. The van der Waals surface area contributed by atoms with Gasteiger partial charge in [0.1, 0.15) is 29.0 Å². The number of aliphatic hydroxyl groups is 2. The molecule has 2 aromatic carbocycles. The van der Waals surface area contributed by atoms with E-state index in [0.717, 1.165) is 12.1 Å². The maximum absolute atomic E-state index is 14.1. The summed E-state index contributed by atoms with van der Waals surface area (Å²) in [6, 6.07) is 8.81. The van der Waals surface area contributed by atoms with E-state index in [2.05, 4.69) is 10.3 Å². The zero-order valence-corrected chi connectivity index (χ0v) is 24.0. The van der Waals surface area contributed by atoms with Crippen LogP contribution in [0.15, 0.2) is 42.5 Å². The van der Waals surface area contributed by atoms with Crippen molar-refractivity contribution in [1.29, 1.82) is 0 Å². The molecular weight excluding hydrogens is 526 g/mol. The summed E-state index contributed by atoms with van der Waals surface area (Å²) in [6.45, 7) is 3.34. The Balaban J connectivity index is 0.00000533. The molecule has 12 heteroatoms. The number of benzene rings is 2. The zero-order valence-electron chi connectivity index (χ0n) is 22.0. The van der Waals surface area contributed by atoms with Crippen molar-refractivity contribution in [3.8, 4) is 11.4 Å². The maximum Gasteiger partial charge on any atom is 1.00 e. The van der Waals surface area contributed by atoms with Crippen LogP contribution in [0.5, 0.6) is 0 Å². The van der Waals surface area contributed by atoms with Crippen molar-refractivity contribution >= 4 is 11.9 Å². The third kappa shape index (κ3) is 8.64. The number of imidazole rings is 1. The van der Waals surface area contributed by atoms with Crippen molar-refractivity contribution in [3.63, 3.8) is 0 Å². The standard InChI is InChI=1S/C27H30F3N3O5.Na/c1-15(2)25-24(27(38)31-14-20-21(29)4-3-5-22(20)30)32-26(16-6-8-17(28)9-7-16)33(25)11-10-18(34)12-19(35)13-23(36)37;/h3-9,15,18-19,34-35H,10-14H2,1-2H3,(H,31,38)(H,36,37);/q;+1/p-1/t18-,19-;/m1./s1. The van der Waals surface area contributed by atoms with Crippen molar-refractivity contribution < 1.29 is 67.6 Å². The summed E-state index contributed by atoms with van der Waals surface area (Å²) in [5.41, 5.74) is 0.656. The first-order chi connectivity index (χ1) is 18.0. The average Bonchev–Trinajstić information content (AvgIpc) is 3.22. The van der Waals surface area contributed by atoms with E-state index in [-0.39, 0.29) is 66.1 Å². The Hall–Kier alpha value is -2.70. The molecule has 0 fully saturated rings. The first-order valence-corrected chi connectivity index (χ1v) is 12.1. The second kappa shape index (κ2) is 14.6. The van der Waals surface area contributed by atoms with Gasteiger partial charge < -0.3 is 30.0 Å². The van der Waals surface area contributed by atoms with E-state index in [4.69, 9.17) is 0 Å². The molecule has 39 heavy (non-hydrogen) atoms. The Labute approximate surface area is 246 Å². The molecule has 1 heterocycles. The van der Waals surface area contributed by atoms with Crippen LogP contribution in [-0.2, 0) is 17.9 Å². The molecule has 204 valence electrons. The Kier molecular flexibility index (Phi) is 12.2. The molecule has 0 aliphatic heterocycles. The number of carbonyl (C=O) groups excluding carboxylic acids is 2. The predicted octanol–water partition coefficient (Wildman–Crippen LogP) is -0.333. The molecule has 0 aliphatic carbocycles. The Morgan fingerprint density at radius 3 is 2.21 bits per heavy atom. The van der Waals surface area contributed by atoms with E-state index < -0.39 is 54.5 Å². The topological polar surface area (TPSA) is 128 Å². The zero-order chi connectivity index (χ0) is 28.0. The molecule has 0 radical (unpaired) electrons. The number of carbonyl (C=O) groups is 2. The van der Waals surface area contributed by atoms with Crippen LogP contribution in [0.1, 0.15) is 60.8 Å². The maximum atomic E-state index is 14.1. The number of halogens is 3. The van der Waals surface area contributed by atoms with Gasteiger partial charge >= 0.3 is 29.6 Å². The number of aliphatic carboxylic acids is 1. The quantitative estimate of drug-likeness (QED) is 0.263. The van der Waals surface area contributed by atoms with E-state index in [9.17, 15) is 38.1 Å². The van der Waals surface area contributed by atoms with E-state index in [1.54, 1.807) is 4.57 Å². The molecule has 0 spiro atoms. The van der Waals surface area contributed by atoms with Gasteiger partial charge in [0.25, 0.3) is 5.91 Å². The minimum Gasteiger partial charge on any atom is -0.550 e. The molecule has 0 aliphatic rings. The van der Waals surface area contributed by atoms with Crippen LogP contribution in [0.4, 0.5) is 13.2 Å². The first-order valence-electron chi connectivity index (χ1n) is 12.1. The largest absolute Gasteiger partial charge is 1.00 e. The van der Waals surface area contributed by atoms with Crippen LogP contribution in [0.3, 0.4) is 0 Å². The monoisotopic (exact) mass is 555 g/mol. The molecule has 0 bridgehead atoms.